The summed E-state index contributed by atoms with van der Waals surface area (Å²) in [5.41, 5.74) is -0.819. The molecule has 1 heterocycles. The van der Waals surface area contributed by atoms with E-state index in [1.807, 2.05) is 0 Å². The van der Waals surface area contributed by atoms with Crippen molar-refractivity contribution < 1.29 is 28.7 Å². The zero-order valence-corrected chi connectivity index (χ0v) is 12.4. The molecule has 1 aromatic heterocycles. The van der Waals surface area contributed by atoms with Crippen molar-refractivity contribution in [2.45, 2.75) is 26.7 Å². The first-order chi connectivity index (χ1) is 10.3. The maximum absolute atomic E-state index is 12.0. The van der Waals surface area contributed by atoms with Crippen LogP contribution >= 0.6 is 0 Å². The van der Waals surface area contributed by atoms with Gasteiger partial charge in [-0.15, -0.1) is 0 Å². The van der Waals surface area contributed by atoms with Gasteiger partial charge in [-0.2, -0.15) is 4.73 Å². The smallest absolute Gasteiger partial charge is 0.325 e. The summed E-state index contributed by atoms with van der Waals surface area (Å²) in [4.78, 5) is 34.3. The zero-order chi connectivity index (χ0) is 16.9. The van der Waals surface area contributed by atoms with Crippen LogP contribution < -0.4 is 4.73 Å². The van der Waals surface area contributed by atoms with Gasteiger partial charge in [0.15, 0.2) is 17.8 Å². The Morgan fingerprint density at radius 2 is 1.77 bits per heavy atom. The first kappa shape index (κ1) is 17.3. The fraction of sp³-hybridized carbons (Fsp3) is 0.462. The van der Waals surface area contributed by atoms with Gasteiger partial charge in [-0.25, -0.2) is 0 Å². The predicted molar refractivity (Wildman–Crippen MR) is 72.8 cm³/mol. The average molecular weight is 312 g/mol. The molecule has 0 fully saturated rings. The highest BCUT2D eigenvalue weighted by Crippen LogP contribution is 2.28. The highest BCUT2D eigenvalue weighted by molar-refractivity contribution is 6.01. The summed E-state index contributed by atoms with van der Waals surface area (Å²) >= 11 is 0. The number of aryl methyl sites for hydroxylation is 1. The van der Waals surface area contributed by atoms with Gasteiger partial charge < -0.3 is 14.7 Å². The lowest BCUT2D eigenvalue weighted by Gasteiger charge is -2.14. The third-order valence-electron chi connectivity index (χ3n) is 2.80. The van der Waals surface area contributed by atoms with Crippen LogP contribution in [0.3, 0.4) is 0 Å². The standard InChI is InChI=1S/C13H16N2O7/c1-4-21-12(16)11(13(17)22-5-2)9-7-14(18)8(3)6-10(9)15(19)20/h6-7,11H,4-5H2,1-3H3. The molecule has 0 aliphatic heterocycles. The molecule has 9 heteroatoms. The molecule has 0 spiro atoms. The minimum absolute atomic E-state index is 0.0221. The van der Waals surface area contributed by atoms with Crippen molar-refractivity contribution in [3.63, 3.8) is 0 Å². The zero-order valence-electron chi connectivity index (χ0n) is 12.4. The van der Waals surface area contributed by atoms with Gasteiger partial charge in [0.1, 0.15) is 5.56 Å². The van der Waals surface area contributed by atoms with Crippen LogP contribution in [0.2, 0.25) is 0 Å². The summed E-state index contributed by atoms with van der Waals surface area (Å²) in [6.45, 7) is 4.37. The molecule has 0 aliphatic carbocycles. The minimum Gasteiger partial charge on any atom is -0.618 e. The van der Waals surface area contributed by atoms with Crippen LogP contribution in [0.1, 0.15) is 31.0 Å². The molecule has 0 unspecified atom stereocenters. The van der Waals surface area contributed by atoms with Crippen LogP contribution in [0.4, 0.5) is 5.69 Å². The summed E-state index contributed by atoms with van der Waals surface area (Å²) in [6, 6.07) is 0.994. The second-order valence-corrected chi connectivity index (χ2v) is 4.28. The van der Waals surface area contributed by atoms with Crippen LogP contribution in [0.5, 0.6) is 0 Å². The minimum atomic E-state index is -1.68. The van der Waals surface area contributed by atoms with Crippen molar-refractivity contribution in [2.24, 2.45) is 0 Å². The maximum Gasteiger partial charge on any atom is 0.325 e. The molecule has 0 amide bonds. The summed E-state index contributed by atoms with van der Waals surface area (Å²) in [7, 11) is 0. The lowest BCUT2D eigenvalue weighted by atomic mass is 9.99. The van der Waals surface area contributed by atoms with Gasteiger partial charge in [0.25, 0.3) is 5.69 Å². The number of hydrogen-bond acceptors (Lipinski definition) is 7. The summed E-state index contributed by atoms with van der Waals surface area (Å²) in [5, 5.41) is 22.8. The number of esters is 2. The van der Waals surface area contributed by atoms with Crippen LogP contribution in [-0.4, -0.2) is 30.1 Å². The number of nitro groups is 1. The highest BCUT2D eigenvalue weighted by Gasteiger charge is 2.39. The van der Waals surface area contributed by atoms with Gasteiger partial charge >= 0.3 is 11.9 Å². The van der Waals surface area contributed by atoms with E-state index < -0.39 is 28.5 Å². The van der Waals surface area contributed by atoms with E-state index in [1.165, 1.54) is 20.8 Å². The van der Waals surface area contributed by atoms with Crippen molar-refractivity contribution in [1.29, 1.82) is 0 Å². The van der Waals surface area contributed by atoms with E-state index in [0.717, 1.165) is 12.3 Å². The van der Waals surface area contributed by atoms with Crippen molar-refractivity contribution in [3.8, 4) is 0 Å². The van der Waals surface area contributed by atoms with E-state index in [0.29, 0.717) is 4.73 Å². The van der Waals surface area contributed by atoms with E-state index in [4.69, 9.17) is 9.47 Å². The first-order valence-corrected chi connectivity index (χ1v) is 6.54. The Labute approximate surface area is 126 Å². The molecule has 1 rings (SSSR count). The number of carbonyl (C=O) groups is 2. The van der Waals surface area contributed by atoms with Gasteiger partial charge in [-0.3, -0.25) is 19.7 Å². The molecule has 9 nitrogen and oxygen atoms in total. The Kier molecular flexibility index (Phi) is 5.79. The molecule has 0 saturated carbocycles. The molecule has 1 aromatic rings. The Morgan fingerprint density at radius 1 is 1.27 bits per heavy atom. The van der Waals surface area contributed by atoms with Crippen LogP contribution in [-0.2, 0) is 19.1 Å². The topological polar surface area (TPSA) is 123 Å². The van der Waals surface area contributed by atoms with Crippen molar-refractivity contribution >= 4 is 17.6 Å². The Morgan fingerprint density at radius 3 is 2.18 bits per heavy atom. The molecule has 0 aliphatic rings. The first-order valence-electron chi connectivity index (χ1n) is 6.54. The molecule has 0 bridgehead atoms. The lowest BCUT2D eigenvalue weighted by molar-refractivity contribution is -0.613. The predicted octanol–water partition coefficient (Wildman–Crippen LogP) is 0.746. The van der Waals surface area contributed by atoms with Crippen LogP contribution in [0, 0.1) is 22.2 Å². The van der Waals surface area contributed by atoms with Gasteiger partial charge in [-0.1, -0.05) is 0 Å². The lowest BCUT2D eigenvalue weighted by Crippen LogP contribution is -2.34. The molecule has 0 saturated heterocycles. The van der Waals surface area contributed by atoms with Crippen molar-refractivity contribution in [3.05, 3.63) is 38.8 Å². The molecule has 0 N–H and O–H groups in total. The molecular weight excluding hydrogens is 296 g/mol. The van der Waals surface area contributed by atoms with Gasteiger partial charge in [-0.05, 0) is 13.8 Å². The van der Waals surface area contributed by atoms with E-state index in [9.17, 15) is 24.9 Å². The fourth-order valence-electron chi connectivity index (χ4n) is 1.82. The summed E-state index contributed by atoms with van der Waals surface area (Å²) in [6.07, 6.45) is 0.825. The Bertz CT molecular complexity index is 582. The van der Waals surface area contributed by atoms with Crippen LogP contribution in [0.25, 0.3) is 0 Å². The Hall–Kier alpha value is -2.71. The van der Waals surface area contributed by atoms with Gasteiger partial charge in [0, 0.05) is 6.92 Å². The van der Waals surface area contributed by atoms with E-state index in [1.54, 1.807) is 0 Å². The number of carbonyl (C=O) groups excluding carboxylic acids is 2. The van der Waals surface area contributed by atoms with Crippen molar-refractivity contribution in [2.75, 3.05) is 13.2 Å². The number of hydrogen-bond donors (Lipinski definition) is 0. The SMILES string of the molecule is CCOC(=O)C(C(=O)OCC)c1c[n+]([O-])c(C)cc1[N+](=O)[O-]. The Balaban J connectivity index is 3.47. The average Bonchev–Trinajstić information content (AvgIpc) is 2.43. The summed E-state index contributed by atoms with van der Waals surface area (Å²) < 4.78 is 9.86. The van der Waals surface area contributed by atoms with Gasteiger partial charge in [0.2, 0.25) is 0 Å². The third-order valence-corrected chi connectivity index (χ3v) is 2.80. The number of pyridine rings is 1. The molecule has 22 heavy (non-hydrogen) atoms. The second-order valence-electron chi connectivity index (χ2n) is 4.28. The highest BCUT2D eigenvalue weighted by atomic mass is 16.6. The van der Waals surface area contributed by atoms with E-state index >= 15 is 0 Å². The largest absolute Gasteiger partial charge is 0.618 e. The number of ether oxygens (including phenoxy) is 2. The molecule has 0 atom stereocenters. The van der Waals surface area contributed by atoms with Crippen molar-refractivity contribution in [1.82, 2.24) is 0 Å². The quantitative estimate of drug-likeness (QED) is 0.189. The maximum atomic E-state index is 12.0. The molecule has 120 valence electrons. The monoisotopic (exact) mass is 312 g/mol. The fourth-order valence-corrected chi connectivity index (χ4v) is 1.82. The summed E-state index contributed by atoms with van der Waals surface area (Å²) in [5.74, 6) is -3.69. The number of rotatable bonds is 6. The van der Waals surface area contributed by atoms with Crippen LogP contribution in [0.15, 0.2) is 12.3 Å². The van der Waals surface area contributed by atoms with E-state index in [2.05, 4.69) is 0 Å². The molecule has 0 aromatic carbocycles. The second kappa shape index (κ2) is 7.34. The van der Waals surface area contributed by atoms with E-state index in [-0.39, 0.29) is 24.5 Å². The number of nitrogens with zero attached hydrogens (tertiary/aromatic N) is 2. The number of aromatic nitrogens is 1. The molecular formula is C13H16N2O7. The third kappa shape index (κ3) is 3.68. The van der Waals surface area contributed by atoms with Gasteiger partial charge in [0.05, 0.1) is 24.2 Å². The molecule has 0 radical (unpaired) electrons. The normalized spacial score (nSPS) is 10.4.